The number of aliphatic hydroxyl groups is 1. The molecule has 536 valence electrons. The number of esters is 4. The molecule has 0 rings (SSSR count). The second-order valence-corrected chi connectivity index (χ2v) is 28.9. The van der Waals surface area contributed by atoms with Gasteiger partial charge in [0.25, 0.3) is 0 Å². The Morgan fingerprint density at radius 1 is 0.363 bits per heavy atom. The van der Waals surface area contributed by atoms with Crippen molar-refractivity contribution in [2.75, 3.05) is 39.6 Å². The van der Waals surface area contributed by atoms with Gasteiger partial charge < -0.3 is 33.8 Å². The highest BCUT2D eigenvalue weighted by Gasteiger charge is 2.30. The third kappa shape index (κ3) is 64.6. The van der Waals surface area contributed by atoms with Gasteiger partial charge in [-0.1, -0.05) is 291 Å². The Balaban J connectivity index is 5.13. The Labute approximate surface area is 554 Å². The minimum Gasteiger partial charge on any atom is -0.462 e. The Kier molecular flexibility index (Phi) is 61.9. The molecule has 19 heteroatoms. The Hall–Kier alpha value is -2.46. The summed E-state index contributed by atoms with van der Waals surface area (Å²) in [4.78, 5) is 72.2. The van der Waals surface area contributed by atoms with Crippen LogP contribution in [0.2, 0.25) is 0 Å². The fourth-order valence-corrected chi connectivity index (χ4v) is 12.0. The van der Waals surface area contributed by atoms with E-state index in [1.165, 1.54) is 135 Å². The molecule has 0 saturated carbocycles. The quantitative estimate of drug-likeness (QED) is 0.0169. The zero-order chi connectivity index (χ0) is 67.2. The number of phosphoric ester groups is 2. The van der Waals surface area contributed by atoms with Crippen molar-refractivity contribution < 1.29 is 80.2 Å². The second-order valence-electron chi connectivity index (χ2n) is 26.0. The van der Waals surface area contributed by atoms with Crippen molar-refractivity contribution in [3.8, 4) is 0 Å². The first-order chi connectivity index (χ1) is 43.9. The van der Waals surface area contributed by atoms with Gasteiger partial charge in [0.15, 0.2) is 12.2 Å². The highest BCUT2D eigenvalue weighted by molar-refractivity contribution is 7.47. The second kappa shape index (κ2) is 63.6. The number of allylic oxidation sites excluding steroid dienone is 4. The molecule has 0 aromatic carbocycles. The van der Waals surface area contributed by atoms with E-state index < -0.39 is 97.5 Å². The van der Waals surface area contributed by atoms with Gasteiger partial charge in [-0.25, -0.2) is 9.13 Å². The zero-order valence-corrected chi connectivity index (χ0v) is 60.4. The molecule has 17 nitrogen and oxygen atoms in total. The molecule has 0 radical (unpaired) electrons. The number of phosphoric acid groups is 2. The van der Waals surface area contributed by atoms with E-state index >= 15 is 0 Å². The van der Waals surface area contributed by atoms with Crippen LogP contribution in [-0.4, -0.2) is 96.7 Å². The minimum atomic E-state index is -4.96. The maximum atomic E-state index is 13.0. The number of unbranched alkanes of at least 4 members (excludes halogenated alkanes) is 35. The van der Waals surface area contributed by atoms with E-state index in [2.05, 4.69) is 65.8 Å². The predicted octanol–water partition coefficient (Wildman–Crippen LogP) is 20.3. The fourth-order valence-electron chi connectivity index (χ4n) is 10.4. The maximum absolute atomic E-state index is 13.0. The van der Waals surface area contributed by atoms with E-state index in [9.17, 15) is 43.2 Å². The Bertz CT molecular complexity index is 1860. The molecule has 3 unspecified atom stereocenters. The lowest BCUT2D eigenvalue weighted by Crippen LogP contribution is -2.30. The van der Waals surface area contributed by atoms with Gasteiger partial charge in [0.1, 0.15) is 19.3 Å². The van der Waals surface area contributed by atoms with Crippen LogP contribution in [0, 0.1) is 11.8 Å². The number of aliphatic hydroxyl groups excluding tert-OH is 1. The van der Waals surface area contributed by atoms with Crippen molar-refractivity contribution in [2.24, 2.45) is 11.8 Å². The molecular formula is C72H136O17P2. The summed E-state index contributed by atoms with van der Waals surface area (Å²) in [5.41, 5.74) is 0. The molecule has 0 bridgehead atoms. The number of hydrogen-bond donors (Lipinski definition) is 3. The number of carbonyl (C=O) groups is 4. The molecule has 3 N–H and O–H groups in total. The summed E-state index contributed by atoms with van der Waals surface area (Å²) in [6, 6.07) is 0. The lowest BCUT2D eigenvalue weighted by molar-refractivity contribution is -0.161. The molecule has 91 heavy (non-hydrogen) atoms. The molecule has 6 atom stereocenters. The third-order valence-electron chi connectivity index (χ3n) is 16.4. The lowest BCUT2D eigenvalue weighted by atomic mass is 9.99. The molecule has 0 aromatic rings. The molecule has 0 aliphatic carbocycles. The van der Waals surface area contributed by atoms with Crippen LogP contribution in [0.15, 0.2) is 24.3 Å². The SMILES string of the molecule is CCCCCC/C=C\C=C/CCCCCCCC(=O)OC[C@H](COP(=O)(O)OC[C@@H](O)COP(=O)(O)OC[C@@H](COC(=O)CCCCCCC)OC(=O)CCCCCCCCC(C)C)OC(=O)CCCCCCCCCCCCCCCCCCCCC(C)CC. The van der Waals surface area contributed by atoms with Crippen LogP contribution in [0.3, 0.4) is 0 Å². The standard InChI is InChI=1S/C72H136O17P2/c1-7-10-12-14-15-16-17-18-23-27-30-33-36-43-49-55-70(75)83-61-68(88-71(76)56-50-44-37-34-31-28-25-22-20-19-21-24-26-29-32-35-42-47-53-65(6)9-3)63-87-91(80,81)85-59-66(73)58-84-90(78,79)86-62-67(60-82-69(74)54-48-40-13-11-8-2)89-72(77)57-51-45-39-38-41-46-52-64(4)5/h16-18,23,64-68,73H,7-15,19-22,24-63H2,1-6H3,(H,78,79)(H,80,81)/b17-16-,23-18-/t65?,66-,67+,68+/m0/s1. The van der Waals surface area contributed by atoms with Gasteiger partial charge in [-0.15, -0.1) is 0 Å². The summed E-state index contributed by atoms with van der Waals surface area (Å²) in [7, 11) is -9.90. The summed E-state index contributed by atoms with van der Waals surface area (Å²) in [5.74, 6) is -0.632. The smallest absolute Gasteiger partial charge is 0.462 e. The van der Waals surface area contributed by atoms with E-state index in [0.29, 0.717) is 31.6 Å². The Morgan fingerprint density at radius 3 is 0.989 bits per heavy atom. The van der Waals surface area contributed by atoms with Gasteiger partial charge in [-0.2, -0.15) is 0 Å². The molecule has 0 saturated heterocycles. The van der Waals surface area contributed by atoms with Crippen molar-refractivity contribution in [1.29, 1.82) is 0 Å². The van der Waals surface area contributed by atoms with Crippen molar-refractivity contribution in [3.63, 3.8) is 0 Å². The van der Waals surface area contributed by atoms with Gasteiger partial charge >= 0.3 is 39.5 Å². The van der Waals surface area contributed by atoms with Gasteiger partial charge in [0, 0.05) is 25.7 Å². The van der Waals surface area contributed by atoms with E-state index in [1.807, 2.05) is 0 Å². The van der Waals surface area contributed by atoms with Gasteiger partial charge in [-0.05, 0) is 63.2 Å². The molecule has 0 spiro atoms. The highest BCUT2D eigenvalue weighted by Crippen LogP contribution is 2.45. The third-order valence-corrected chi connectivity index (χ3v) is 18.3. The van der Waals surface area contributed by atoms with Crippen molar-refractivity contribution in [1.82, 2.24) is 0 Å². The van der Waals surface area contributed by atoms with Crippen LogP contribution < -0.4 is 0 Å². The molecule has 0 aliphatic heterocycles. The number of hydrogen-bond acceptors (Lipinski definition) is 15. The van der Waals surface area contributed by atoms with E-state index in [1.54, 1.807) is 0 Å². The molecule has 0 fully saturated rings. The van der Waals surface area contributed by atoms with Crippen LogP contribution >= 0.6 is 15.6 Å². The number of rotatable bonds is 69. The highest BCUT2D eigenvalue weighted by atomic mass is 31.2. The summed E-state index contributed by atoms with van der Waals surface area (Å²) < 4.78 is 68.0. The van der Waals surface area contributed by atoms with E-state index in [4.69, 9.17) is 37.0 Å². The molecule has 0 aliphatic rings. The van der Waals surface area contributed by atoms with Gasteiger partial charge in [0.2, 0.25) is 0 Å². The normalized spacial score (nSPS) is 14.6. The first-order valence-electron chi connectivity index (χ1n) is 36.8. The Morgan fingerprint density at radius 2 is 0.648 bits per heavy atom. The fraction of sp³-hybridized carbons (Fsp3) is 0.889. The molecule has 0 aromatic heterocycles. The molecular weight excluding hydrogens is 1200 g/mol. The van der Waals surface area contributed by atoms with Crippen molar-refractivity contribution >= 4 is 39.5 Å². The van der Waals surface area contributed by atoms with Crippen LogP contribution in [0.5, 0.6) is 0 Å². The molecule has 0 heterocycles. The summed E-state index contributed by atoms with van der Waals surface area (Å²) in [5, 5.41) is 10.5. The first-order valence-corrected chi connectivity index (χ1v) is 39.8. The van der Waals surface area contributed by atoms with Crippen LogP contribution in [-0.2, 0) is 65.4 Å². The van der Waals surface area contributed by atoms with Crippen molar-refractivity contribution in [3.05, 3.63) is 24.3 Å². The van der Waals surface area contributed by atoms with Crippen molar-refractivity contribution in [2.45, 2.75) is 362 Å². The average molecular weight is 1340 g/mol. The summed E-state index contributed by atoms with van der Waals surface area (Å²) in [6.45, 7) is 9.37. The van der Waals surface area contributed by atoms with E-state index in [0.717, 1.165) is 121 Å². The maximum Gasteiger partial charge on any atom is 0.472 e. The van der Waals surface area contributed by atoms with Crippen LogP contribution in [0.4, 0.5) is 0 Å². The van der Waals surface area contributed by atoms with E-state index in [-0.39, 0.29) is 25.7 Å². The van der Waals surface area contributed by atoms with Gasteiger partial charge in [-0.3, -0.25) is 37.3 Å². The minimum absolute atomic E-state index is 0.0989. The topological polar surface area (TPSA) is 237 Å². The van der Waals surface area contributed by atoms with Crippen LogP contribution in [0.1, 0.15) is 343 Å². The lowest BCUT2D eigenvalue weighted by Gasteiger charge is -2.21. The average Bonchev–Trinajstić information content (AvgIpc) is 3.68. The zero-order valence-electron chi connectivity index (χ0n) is 58.6. The predicted molar refractivity (Wildman–Crippen MR) is 367 cm³/mol. The monoisotopic (exact) mass is 1330 g/mol. The van der Waals surface area contributed by atoms with Gasteiger partial charge in [0.05, 0.1) is 26.4 Å². The molecule has 0 amide bonds. The number of carbonyl (C=O) groups excluding carboxylic acids is 4. The summed E-state index contributed by atoms with van der Waals surface area (Å²) >= 11 is 0. The largest absolute Gasteiger partial charge is 0.472 e. The van der Waals surface area contributed by atoms with Crippen LogP contribution in [0.25, 0.3) is 0 Å². The number of ether oxygens (including phenoxy) is 4. The summed E-state index contributed by atoms with van der Waals surface area (Å²) in [6.07, 6.45) is 52.9. The first kappa shape index (κ1) is 88.5.